The zero-order valence-corrected chi connectivity index (χ0v) is 16.4. The highest BCUT2D eigenvalue weighted by Crippen LogP contribution is 2.41. The van der Waals surface area contributed by atoms with Gasteiger partial charge < -0.3 is 24.7 Å². The number of carbonyl (C=O) groups excluding carboxylic acids is 2. The van der Waals surface area contributed by atoms with Gasteiger partial charge >= 0.3 is 0 Å². The van der Waals surface area contributed by atoms with Gasteiger partial charge in [0.15, 0.2) is 11.5 Å². The van der Waals surface area contributed by atoms with Crippen molar-refractivity contribution in [3.8, 4) is 11.5 Å². The van der Waals surface area contributed by atoms with Gasteiger partial charge in [-0.15, -0.1) is 0 Å². The van der Waals surface area contributed by atoms with E-state index in [-0.39, 0.29) is 23.0 Å². The summed E-state index contributed by atoms with van der Waals surface area (Å²) in [6.45, 7) is 0. The molecule has 4 rings (SSSR count). The van der Waals surface area contributed by atoms with E-state index in [4.69, 9.17) is 9.47 Å². The number of rotatable bonds is 5. The molecule has 1 aliphatic heterocycles. The van der Waals surface area contributed by atoms with E-state index in [0.717, 1.165) is 0 Å². The molecule has 0 saturated carbocycles. The highest BCUT2D eigenvalue weighted by atomic mass is 16.5. The molecule has 7 heteroatoms. The summed E-state index contributed by atoms with van der Waals surface area (Å²) in [7, 11) is 2.78. The largest absolute Gasteiger partial charge is 0.545 e. The van der Waals surface area contributed by atoms with Crippen molar-refractivity contribution in [1.29, 1.82) is 0 Å². The van der Waals surface area contributed by atoms with E-state index in [1.165, 1.54) is 19.1 Å². The number of carbonyl (C=O) groups is 2. The Kier molecular flexibility index (Phi) is 5.02. The van der Waals surface area contributed by atoms with E-state index < -0.39 is 12.1 Å². The van der Waals surface area contributed by atoms with Gasteiger partial charge in [-0.2, -0.15) is 0 Å². The molecule has 3 aromatic carbocycles. The molecular weight excluding hydrogens is 384 g/mol. The number of hydrogen-bond donors (Lipinski definition) is 1. The first-order valence-electron chi connectivity index (χ1n) is 9.27. The first-order valence-corrected chi connectivity index (χ1v) is 9.27. The van der Waals surface area contributed by atoms with Gasteiger partial charge in [-0.05, 0) is 30.3 Å². The van der Waals surface area contributed by atoms with Gasteiger partial charge in [-0.25, -0.2) is 0 Å². The number of carboxylic acids is 1. The molecule has 1 aliphatic rings. The molecule has 0 radical (unpaired) electrons. The van der Waals surface area contributed by atoms with Crippen LogP contribution in [0.4, 0.5) is 11.4 Å². The SMILES string of the molecule is COc1ccc([C@@H]2Nc3ccccc3C(=O)N2c2ccccc2)c(C(=O)[O-])c1OC. The van der Waals surface area contributed by atoms with Crippen molar-refractivity contribution < 1.29 is 24.2 Å². The maximum Gasteiger partial charge on any atom is 0.262 e. The molecule has 3 aromatic rings. The lowest BCUT2D eigenvalue weighted by molar-refractivity contribution is -0.255. The molecule has 1 N–H and O–H groups in total. The fourth-order valence-electron chi connectivity index (χ4n) is 3.71. The first kappa shape index (κ1) is 19.3. The number of anilines is 2. The Balaban J connectivity index is 1.96. The second-order valence-corrected chi connectivity index (χ2v) is 6.66. The van der Waals surface area contributed by atoms with Crippen LogP contribution in [-0.2, 0) is 0 Å². The Labute approximate surface area is 173 Å². The standard InChI is InChI=1S/C23H20N2O5/c1-29-18-13-12-16(19(23(27)28)20(18)30-2)21-24-17-11-7-6-10-15(17)22(26)25(21)14-8-4-3-5-9-14/h3-13,21,24H,1-2H3,(H,27,28)/p-1/t21-/m1/s1. The van der Waals surface area contributed by atoms with Crippen LogP contribution < -0.4 is 24.8 Å². The van der Waals surface area contributed by atoms with Gasteiger partial charge in [-0.1, -0.05) is 36.4 Å². The molecular formula is C23H19N2O5-. The average molecular weight is 403 g/mol. The zero-order valence-electron chi connectivity index (χ0n) is 16.4. The number of benzene rings is 3. The van der Waals surface area contributed by atoms with Crippen molar-refractivity contribution in [3.63, 3.8) is 0 Å². The smallest absolute Gasteiger partial charge is 0.262 e. The number of fused-ring (bicyclic) bond motifs is 1. The van der Waals surface area contributed by atoms with Crippen LogP contribution >= 0.6 is 0 Å². The normalized spacial score (nSPS) is 15.2. The van der Waals surface area contributed by atoms with Crippen LogP contribution in [0.5, 0.6) is 11.5 Å². The van der Waals surface area contributed by atoms with Crippen molar-refractivity contribution in [3.05, 3.63) is 83.4 Å². The van der Waals surface area contributed by atoms with Gasteiger partial charge in [-0.3, -0.25) is 9.69 Å². The minimum Gasteiger partial charge on any atom is -0.545 e. The molecule has 7 nitrogen and oxygen atoms in total. The van der Waals surface area contributed by atoms with Gasteiger partial charge in [0.05, 0.1) is 31.3 Å². The lowest BCUT2D eigenvalue weighted by atomic mass is 9.97. The van der Waals surface area contributed by atoms with Gasteiger partial charge in [0.1, 0.15) is 6.17 Å². The van der Waals surface area contributed by atoms with E-state index in [0.29, 0.717) is 22.5 Å². The maximum atomic E-state index is 13.4. The Bertz CT molecular complexity index is 1110. The molecule has 0 fully saturated rings. The molecule has 30 heavy (non-hydrogen) atoms. The minimum absolute atomic E-state index is 0.0381. The van der Waals surface area contributed by atoms with Crippen molar-refractivity contribution >= 4 is 23.3 Å². The molecule has 0 unspecified atom stereocenters. The van der Waals surface area contributed by atoms with Crippen molar-refractivity contribution in [1.82, 2.24) is 0 Å². The predicted octanol–water partition coefficient (Wildman–Crippen LogP) is 2.84. The van der Waals surface area contributed by atoms with Crippen LogP contribution in [-0.4, -0.2) is 26.1 Å². The molecule has 0 aromatic heterocycles. The molecule has 0 aliphatic carbocycles. The van der Waals surface area contributed by atoms with E-state index in [1.54, 1.807) is 42.5 Å². The number of carboxylic acid groups (broad SMARTS) is 1. The van der Waals surface area contributed by atoms with Crippen LogP contribution in [0, 0.1) is 0 Å². The van der Waals surface area contributed by atoms with Gasteiger partial charge in [0.25, 0.3) is 5.91 Å². The Morgan fingerprint density at radius 1 is 0.967 bits per heavy atom. The number of nitrogens with zero attached hydrogens (tertiary/aromatic N) is 1. The molecule has 0 saturated heterocycles. The van der Waals surface area contributed by atoms with Gasteiger partial charge in [0, 0.05) is 16.9 Å². The first-order chi connectivity index (χ1) is 14.6. The van der Waals surface area contributed by atoms with E-state index >= 15 is 0 Å². The van der Waals surface area contributed by atoms with E-state index in [2.05, 4.69) is 5.32 Å². The highest BCUT2D eigenvalue weighted by Gasteiger charge is 2.36. The van der Waals surface area contributed by atoms with Crippen LogP contribution in [0.15, 0.2) is 66.7 Å². The molecule has 1 amide bonds. The van der Waals surface area contributed by atoms with Gasteiger partial charge in [0.2, 0.25) is 0 Å². The van der Waals surface area contributed by atoms with E-state index in [9.17, 15) is 14.7 Å². The quantitative estimate of drug-likeness (QED) is 0.705. The fourth-order valence-corrected chi connectivity index (χ4v) is 3.71. The van der Waals surface area contributed by atoms with Crippen LogP contribution in [0.25, 0.3) is 0 Å². The predicted molar refractivity (Wildman–Crippen MR) is 110 cm³/mol. The summed E-state index contributed by atoms with van der Waals surface area (Å²) in [6.07, 6.45) is -0.803. The Morgan fingerprint density at radius 3 is 2.33 bits per heavy atom. The molecule has 1 heterocycles. The third-order valence-corrected chi connectivity index (χ3v) is 5.04. The second kappa shape index (κ2) is 7.79. The summed E-state index contributed by atoms with van der Waals surface area (Å²) in [5, 5.41) is 15.4. The number of amides is 1. The van der Waals surface area contributed by atoms with Crippen LogP contribution in [0.3, 0.4) is 0 Å². The minimum atomic E-state index is -1.43. The highest BCUT2D eigenvalue weighted by molar-refractivity contribution is 6.12. The van der Waals surface area contributed by atoms with Crippen molar-refractivity contribution in [2.45, 2.75) is 6.17 Å². The molecule has 0 bridgehead atoms. The number of methoxy groups -OCH3 is 2. The topological polar surface area (TPSA) is 90.9 Å². The Hall–Kier alpha value is -4.00. The summed E-state index contributed by atoms with van der Waals surface area (Å²) in [5.41, 5.74) is 1.86. The molecule has 1 atom stereocenters. The summed E-state index contributed by atoms with van der Waals surface area (Å²) >= 11 is 0. The molecule has 0 spiro atoms. The molecule has 152 valence electrons. The Morgan fingerprint density at radius 2 is 1.67 bits per heavy atom. The summed E-state index contributed by atoms with van der Waals surface area (Å²) in [5.74, 6) is -1.38. The maximum absolute atomic E-state index is 13.4. The third kappa shape index (κ3) is 3.10. The number of aromatic carboxylic acids is 1. The third-order valence-electron chi connectivity index (χ3n) is 5.04. The van der Waals surface area contributed by atoms with Crippen LogP contribution in [0.1, 0.15) is 32.4 Å². The number of ether oxygens (including phenoxy) is 2. The lowest BCUT2D eigenvalue weighted by Gasteiger charge is -2.39. The summed E-state index contributed by atoms with van der Waals surface area (Å²) in [4.78, 5) is 27.1. The second-order valence-electron chi connectivity index (χ2n) is 6.66. The summed E-state index contributed by atoms with van der Waals surface area (Å²) in [6, 6.07) is 19.4. The number of para-hydroxylation sites is 2. The average Bonchev–Trinajstić information content (AvgIpc) is 2.78. The number of nitrogens with one attached hydrogen (secondary N) is 1. The van der Waals surface area contributed by atoms with Crippen molar-refractivity contribution in [2.24, 2.45) is 0 Å². The fraction of sp³-hybridized carbons (Fsp3) is 0.130. The monoisotopic (exact) mass is 403 g/mol. The van der Waals surface area contributed by atoms with Crippen LogP contribution in [0.2, 0.25) is 0 Å². The lowest BCUT2D eigenvalue weighted by Crippen LogP contribution is -2.44. The van der Waals surface area contributed by atoms with E-state index in [1.807, 2.05) is 24.3 Å². The number of hydrogen-bond acceptors (Lipinski definition) is 6. The summed E-state index contributed by atoms with van der Waals surface area (Å²) < 4.78 is 10.6. The zero-order chi connectivity index (χ0) is 21.3. The van der Waals surface area contributed by atoms with Crippen molar-refractivity contribution in [2.75, 3.05) is 24.4 Å².